The molecule has 5 heteroatoms. The van der Waals surface area contributed by atoms with Crippen LogP contribution in [0.25, 0.3) is 0 Å². The molecule has 1 fully saturated rings. The standard InChI is InChI=1S/C15H24N2O2S/c1-10-5-4-6-13(10)9-17-20(18,19)15-11(2)7-14(16)8-12(15)3/h7-8,10,13,17H,4-6,9,16H2,1-3H3. The van der Waals surface area contributed by atoms with Crippen molar-refractivity contribution in [1.29, 1.82) is 0 Å². The van der Waals surface area contributed by atoms with Crippen molar-refractivity contribution in [2.45, 2.75) is 44.9 Å². The molecule has 0 bridgehead atoms. The zero-order chi connectivity index (χ0) is 14.9. The van der Waals surface area contributed by atoms with Crippen molar-refractivity contribution >= 4 is 15.7 Å². The van der Waals surface area contributed by atoms with Gasteiger partial charge in [-0.25, -0.2) is 13.1 Å². The first kappa shape index (κ1) is 15.3. The molecule has 2 unspecified atom stereocenters. The molecular formula is C15H24N2O2S. The summed E-state index contributed by atoms with van der Waals surface area (Å²) >= 11 is 0. The van der Waals surface area contributed by atoms with E-state index in [2.05, 4.69) is 11.6 Å². The Bertz CT molecular complexity index is 573. The monoisotopic (exact) mass is 296 g/mol. The lowest BCUT2D eigenvalue weighted by atomic mass is 9.99. The Hall–Kier alpha value is -1.07. The fraction of sp³-hybridized carbons (Fsp3) is 0.600. The minimum Gasteiger partial charge on any atom is -0.399 e. The van der Waals surface area contributed by atoms with Crippen molar-refractivity contribution in [3.63, 3.8) is 0 Å². The average Bonchev–Trinajstić information content (AvgIpc) is 2.70. The molecular weight excluding hydrogens is 272 g/mol. The molecule has 1 aromatic carbocycles. The van der Waals surface area contributed by atoms with Crippen LogP contribution in [0.3, 0.4) is 0 Å². The van der Waals surface area contributed by atoms with Gasteiger partial charge in [-0.2, -0.15) is 0 Å². The van der Waals surface area contributed by atoms with Crippen molar-refractivity contribution in [2.24, 2.45) is 11.8 Å². The molecule has 1 aliphatic carbocycles. The maximum absolute atomic E-state index is 12.5. The van der Waals surface area contributed by atoms with Crippen LogP contribution >= 0.6 is 0 Å². The van der Waals surface area contributed by atoms with E-state index in [0.717, 1.165) is 6.42 Å². The minimum absolute atomic E-state index is 0.373. The quantitative estimate of drug-likeness (QED) is 0.839. The van der Waals surface area contributed by atoms with E-state index < -0.39 is 10.0 Å². The number of nitrogens with two attached hydrogens (primary N) is 1. The molecule has 0 aromatic heterocycles. The van der Waals surface area contributed by atoms with Gasteiger partial charge in [-0.1, -0.05) is 19.8 Å². The second-order valence-corrected chi connectivity index (χ2v) is 7.71. The molecule has 1 aliphatic rings. The molecule has 2 atom stereocenters. The number of hydrogen-bond acceptors (Lipinski definition) is 3. The highest BCUT2D eigenvalue weighted by molar-refractivity contribution is 7.89. The minimum atomic E-state index is -3.45. The van der Waals surface area contributed by atoms with E-state index in [4.69, 9.17) is 5.73 Å². The Morgan fingerprint density at radius 1 is 1.25 bits per heavy atom. The summed E-state index contributed by atoms with van der Waals surface area (Å²) in [7, 11) is -3.45. The predicted molar refractivity (Wildman–Crippen MR) is 82.0 cm³/mol. The molecule has 0 spiro atoms. The van der Waals surface area contributed by atoms with E-state index in [1.165, 1.54) is 12.8 Å². The van der Waals surface area contributed by atoms with Gasteiger partial charge in [0.25, 0.3) is 0 Å². The maximum atomic E-state index is 12.5. The van der Waals surface area contributed by atoms with Gasteiger partial charge in [0.05, 0.1) is 4.90 Å². The third kappa shape index (κ3) is 3.15. The van der Waals surface area contributed by atoms with Crippen LogP contribution < -0.4 is 10.5 Å². The zero-order valence-electron chi connectivity index (χ0n) is 12.4. The van der Waals surface area contributed by atoms with Crippen LogP contribution in [0.2, 0.25) is 0 Å². The van der Waals surface area contributed by atoms with Gasteiger partial charge in [-0.15, -0.1) is 0 Å². The summed E-state index contributed by atoms with van der Waals surface area (Å²) in [6.07, 6.45) is 3.52. The topological polar surface area (TPSA) is 72.2 Å². The molecule has 0 radical (unpaired) electrons. The molecule has 0 heterocycles. The van der Waals surface area contributed by atoms with Crippen molar-refractivity contribution in [1.82, 2.24) is 4.72 Å². The lowest BCUT2D eigenvalue weighted by Crippen LogP contribution is -2.31. The van der Waals surface area contributed by atoms with Crippen molar-refractivity contribution in [2.75, 3.05) is 12.3 Å². The van der Waals surface area contributed by atoms with Crippen molar-refractivity contribution in [3.8, 4) is 0 Å². The summed E-state index contributed by atoms with van der Waals surface area (Å²) in [5.41, 5.74) is 7.75. The van der Waals surface area contributed by atoms with Gasteiger partial charge in [-0.05, 0) is 55.4 Å². The fourth-order valence-electron chi connectivity index (χ4n) is 3.22. The lowest BCUT2D eigenvalue weighted by molar-refractivity contribution is 0.414. The number of hydrogen-bond donors (Lipinski definition) is 2. The Kier molecular flexibility index (Phi) is 4.39. The Labute approximate surface area is 121 Å². The first-order valence-corrected chi connectivity index (χ1v) is 8.66. The van der Waals surface area contributed by atoms with Gasteiger partial charge in [0.2, 0.25) is 10.0 Å². The number of anilines is 1. The second kappa shape index (κ2) is 5.74. The van der Waals surface area contributed by atoms with E-state index in [1.807, 2.05) is 0 Å². The van der Waals surface area contributed by atoms with Crippen LogP contribution in [0.1, 0.15) is 37.3 Å². The summed E-state index contributed by atoms with van der Waals surface area (Å²) in [5, 5.41) is 0. The van der Waals surface area contributed by atoms with Crippen LogP contribution in [-0.4, -0.2) is 15.0 Å². The van der Waals surface area contributed by atoms with Gasteiger partial charge < -0.3 is 5.73 Å². The highest BCUT2D eigenvalue weighted by Crippen LogP contribution is 2.31. The van der Waals surface area contributed by atoms with Gasteiger partial charge in [-0.3, -0.25) is 0 Å². The molecule has 112 valence electrons. The van der Waals surface area contributed by atoms with Crippen LogP contribution in [-0.2, 0) is 10.0 Å². The summed E-state index contributed by atoms with van der Waals surface area (Å²) < 4.78 is 27.8. The molecule has 1 saturated carbocycles. The van der Waals surface area contributed by atoms with Crippen LogP contribution in [0.5, 0.6) is 0 Å². The average molecular weight is 296 g/mol. The van der Waals surface area contributed by atoms with E-state index in [1.54, 1.807) is 26.0 Å². The van der Waals surface area contributed by atoms with E-state index >= 15 is 0 Å². The Morgan fingerprint density at radius 3 is 2.35 bits per heavy atom. The number of sulfonamides is 1. The third-order valence-electron chi connectivity index (χ3n) is 4.33. The molecule has 0 amide bonds. The first-order chi connectivity index (χ1) is 9.31. The molecule has 20 heavy (non-hydrogen) atoms. The zero-order valence-corrected chi connectivity index (χ0v) is 13.3. The smallest absolute Gasteiger partial charge is 0.241 e. The lowest BCUT2D eigenvalue weighted by Gasteiger charge is -2.18. The van der Waals surface area contributed by atoms with E-state index in [9.17, 15) is 8.42 Å². The molecule has 4 nitrogen and oxygen atoms in total. The van der Waals surface area contributed by atoms with Crippen LogP contribution in [0, 0.1) is 25.7 Å². The maximum Gasteiger partial charge on any atom is 0.241 e. The van der Waals surface area contributed by atoms with E-state index in [-0.39, 0.29) is 0 Å². The fourth-order valence-corrected chi connectivity index (χ4v) is 4.77. The van der Waals surface area contributed by atoms with Crippen LogP contribution in [0.4, 0.5) is 5.69 Å². The number of benzene rings is 1. The second-order valence-electron chi connectivity index (χ2n) is 6.00. The number of aryl methyl sites for hydroxylation is 2. The van der Waals surface area contributed by atoms with Gasteiger partial charge in [0.1, 0.15) is 0 Å². The van der Waals surface area contributed by atoms with Crippen molar-refractivity contribution < 1.29 is 8.42 Å². The Morgan fingerprint density at radius 2 is 1.85 bits per heavy atom. The van der Waals surface area contributed by atoms with Gasteiger partial charge >= 0.3 is 0 Å². The first-order valence-electron chi connectivity index (χ1n) is 7.17. The highest BCUT2D eigenvalue weighted by Gasteiger charge is 2.26. The number of nitrogens with one attached hydrogen (secondary N) is 1. The summed E-state index contributed by atoms with van der Waals surface area (Å²) in [6.45, 7) is 6.31. The largest absolute Gasteiger partial charge is 0.399 e. The molecule has 3 N–H and O–H groups in total. The molecule has 0 saturated heterocycles. The van der Waals surface area contributed by atoms with E-state index in [0.29, 0.717) is 40.1 Å². The van der Waals surface area contributed by atoms with Crippen molar-refractivity contribution in [3.05, 3.63) is 23.3 Å². The highest BCUT2D eigenvalue weighted by atomic mass is 32.2. The Balaban J connectivity index is 2.18. The summed E-state index contributed by atoms with van der Waals surface area (Å²) in [6, 6.07) is 3.42. The number of nitrogen functional groups attached to an aromatic ring is 1. The van der Waals surface area contributed by atoms with Gasteiger partial charge in [0.15, 0.2) is 0 Å². The van der Waals surface area contributed by atoms with Crippen LogP contribution in [0.15, 0.2) is 17.0 Å². The summed E-state index contributed by atoms with van der Waals surface area (Å²) in [4.78, 5) is 0.373. The third-order valence-corrected chi connectivity index (χ3v) is 6.05. The van der Waals surface area contributed by atoms with Gasteiger partial charge in [0, 0.05) is 12.2 Å². The summed E-state index contributed by atoms with van der Waals surface area (Å²) in [5.74, 6) is 1.06. The molecule has 1 aromatic rings. The molecule has 0 aliphatic heterocycles. The number of rotatable bonds is 4. The predicted octanol–water partition coefficient (Wildman–Crippen LogP) is 2.60. The normalized spacial score (nSPS) is 23.1. The molecule has 2 rings (SSSR count). The SMILES string of the molecule is Cc1cc(N)cc(C)c1S(=O)(=O)NCC1CCCC1C.